The maximum Gasteiger partial charge on any atom is 0.303 e. The van der Waals surface area contributed by atoms with Gasteiger partial charge in [-0.25, -0.2) is 0 Å². The summed E-state index contributed by atoms with van der Waals surface area (Å²) >= 11 is 0. The molecular formula is C14H21NO2. The Kier molecular flexibility index (Phi) is 2.54. The highest BCUT2D eigenvalue weighted by Gasteiger charge is 2.55. The van der Waals surface area contributed by atoms with Crippen LogP contribution in [0.3, 0.4) is 0 Å². The summed E-state index contributed by atoms with van der Waals surface area (Å²) in [7, 11) is 0. The predicted octanol–water partition coefficient (Wildman–Crippen LogP) is 2.17. The van der Waals surface area contributed by atoms with Crippen molar-refractivity contribution in [3.63, 3.8) is 0 Å². The van der Waals surface area contributed by atoms with Crippen LogP contribution in [0.15, 0.2) is 11.6 Å². The molecule has 0 aromatic heterocycles. The van der Waals surface area contributed by atoms with Gasteiger partial charge in [-0.15, -0.1) is 0 Å². The molecule has 0 spiro atoms. The standard InChI is InChI=1S/C14H21NO2/c15-8-14(7-13(16)17)6-11-4-10(5-12(11)14)9-2-1-3-9/h5,9,11-12H,1-4,6-8,15H2,(H,16,17)/t11-,12+,14+/m1/s1. The first kappa shape index (κ1) is 11.3. The highest BCUT2D eigenvalue weighted by Crippen LogP contribution is 2.61. The molecule has 0 saturated heterocycles. The van der Waals surface area contributed by atoms with Crippen molar-refractivity contribution >= 4 is 5.97 Å². The topological polar surface area (TPSA) is 63.3 Å². The van der Waals surface area contributed by atoms with Crippen LogP contribution in [0.1, 0.15) is 38.5 Å². The third-order valence-electron chi connectivity index (χ3n) is 5.31. The Morgan fingerprint density at radius 1 is 1.53 bits per heavy atom. The Morgan fingerprint density at radius 2 is 2.29 bits per heavy atom. The number of carboxylic acid groups (broad SMARTS) is 1. The summed E-state index contributed by atoms with van der Waals surface area (Å²) < 4.78 is 0. The van der Waals surface area contributed by atoms with Gasteiger partial charge >= 0.3 is 5.97 Å². The number of carboxylic acids is 1. The molecule has 0 heterocycles. The quantitative estimate of drug-likeness (QED) is 0.734. The zero-order valence-corrected chi connectivity index (χ0v) is 10.2. The fourth-order valence-corrected chi connectivity index (χ4v) is 4.10. The van der Waals surface area contributed by atoms with Crippen LogP contribution in [0.2, 0.25) is 0 Å². The first-order valence-electron chi connectivity index (χ1n) is 6.77. The van der Waals surface area contributed by atoms with Gasteiger partial charge in [-0.2, -0.15) is 0 Å². The zero-order valence-electron chi connectivity index (χ0n) is 10.2. The van der Waals surface area contributed by atoms with Crippen LogP contribution in [0.5, 0.6) is 0 Å². The molecule has 3 aliphatic rings. The average molecular weight is 235 g/mol. The Labute approximate surface area is 102 Å². The fourth-order valence-electron chi connectivity index (χ4n) is 4.10. The third-order valence-corrected chi connectivity index (χ3v) is 5.31. The molecule has 2 saturated carbocycles. The van der Waals surface area contributed by atoms with Crippen LogP contribution in [-0.2, 0) is 4.79 Å². The van der Waals surface area contributed by atoms with Gasteiger partial charge < -0.3 is 10.8 Å². The number of fused-ring (bicyclic) bond motifs is 1. The van der Waals surface area contributed by atoms with Crippen molar-refractivity contribution in [1.29, 1.82) is 0 Å². The Morgan fingerprint density at radius 3 is 2.82 bits per heavy atom. The molecule has 3 rings (SSSR count). The highest BCUT2D eigenvalue weighted by molar-refractivity contribution is 5.68. The van der Waals surface area contributed by atoms with Crippen LogP contribution >= 0.6 is 0 Å². The minimum absolute atomic E-state index is 0.123. The minimum Gasteiger partial charge on any atom is -0.481 e. The number of hydrogen-bond donors (Lipinski definition) is 2. The Balaban J connectivity index is 1.74. The molecule has 3 nitrogen and oxygen atoms in total. The van der Waals surface area contributed by atoms with Crippen LogP contribution in [0.4, 0.5) is 0 Å². The van der Waals surface area contributed by atoms with E-state index in [1.54, 1.807) is 5.57 Å². The second-order valence-corrected chi connectivity index (χ2v) is 6.20. The molecule has 3 N–H and O–H groups in total. The lowest BCUT2D eigenvalue weighted by atomic mass is 9.53. The monoisotopic (exact) mass is 235 g/mol. The molecule has 0 bridgehead atoms. The van der Waals surface area contributed by atoms with Crippen LogP contribution in [-0.4, -0.2) is 17.6 Å². The van der Waals surface area contributed by atoms with E-state index in [1.807, 2.05) is 0 Å². The lowest BCUT2D eigenvalue weighted by Gasteiger charge is -2.51. The summed E-state index contributed by atoms with van der Waals surface area (Å²) in [5.41, 5.74) is 7.34. The van der Waals surface area contributed by atoms with Gasteiger partial charge in [-0.3, -0.25) is 4.79 Å². The summed E-state index contributed by atoms with van der Waals surface area (Å²) in [6.45, 7) is 0.523. The number of carbonyl (C=O) groups is 1. The van der Waals surface area contributed by atoms with Crippen molar-refractivity contribution in [2.45, 2.75) is 38.5 Å². The van der Waals surface area contributed by atoms with Crippen molar-refractivity contribution < 1.29 is 9.90 Å². The van der Waals surface area contributed by atoms with Gasteiger partial charge in [0.25, 0.3) is 0 Å². The molecule has 0 aromatic rings. The lowest BCUT2D eigenvalue weighted by Crippen LogP contribution is -2.51. The molecule has 0 amide bonds. The number of aliphatic carboxylic acids is 1. The summed E-state index contributed by atoms with van der Waals surface area (Å²) in [5, 5.41) is 9.02. The Hall–Kier alpha value is -0.830. The summed E-state index contributed by atoms with van der Waals surface area (Å²) in [6.07, 6.45) is 8.95. The van der Waals surface area contributed by atoms with Gasteiger partial charge in [0.05, 0.1) is 6.42 Å². The average Bonchev–Trinajstić information content (AvgIpc) is 2.51. The first-order chi connectivity index (χ1) is 8.14. The fraction of sp³-hybridized carbons (Fsp3) is 0.786. The summed E-state index contributed by atoms with van der Waals surface area (Å²) in [6, 6.07) is 0. The summed E-state index contributed by atoms with van der Waals surface area (Å²) in [4.78, 5) is 11.0. The Bertz CT molecular complexity index is 372. The van der Waals surface area contributed by atoms with E-state index in [1.165, 1.54) is 25.7 Å². The molecule has 17 heavy (non-hydrogen) atoms. The second kappa shape index (κ2) is 3.84. The molecule has 0 radical (unpaired) electrons. The largest absolute Gasteiger partial charge is 0.481 e. The number of hydrogen-bond acceptors (Lipinski definition) is 2. The van der Waals surface area contributed by atoms with Crippen molar-refractivity contribution in [3.8, 4) is 0 Å². The number of rotatable bonds is 4. The second-order valence-electron chi connectivity index (χ2n) is 6.20. The maximum absolute atomic E-state index is 11.0. The number of nitrogens with two attached hydrogens (primary N) is 1. The van der Waals surface area contributed by atoms with Gasteiger partial charge in [0.2, 0.25) is 0 Å². The van der Waals surface area contributed by atoms with Crippen molar-refractivity contribution in [1.82, 2.24) is 0 Å². The van der Waals surface area contributed by atoms with Crippen LogP contribution < -0.4 is 5.73 Å². The molecule has 3 atom stereocenters. The lowest BCUT2D eigenvalue weighted by molar-refractivity contribution is -0.144. The van der Waals surface area contributed by atoms with Crippen molar-refractivity contribution in [3.05, 3.63) is 11.6 Å². The van der Waals surface area contributed by atoms with Crippen molar-refractivity contribution in [2.75, 3.05) is 6.54 Å². The molecular weight excluding hydrogens is 214 g/mol. The van der Waals surface area contributed by atoms with Gasteiger partial charge in [0.15, 0.2) is 0 Å². The van der Waals surface area contributed by atoms with Gasteiger partial charge in [0, 0.05) is 0 Å². The predicted molar refractivity (Wildman–Crippen MR) is 65.4 cm³/mol. The van der Waals surface area contributed by atoms with E-state index >= 15 is 0 Å². The van der Waals surface area contributed by atoms with E-state index in [9.17, 15) is 4.79 Å². The van der Waals surface area contributed by atoms with E-state index in [0.29, 0.717) is 18.4 Å². The van der Waals surface area contributed by atoms with Gasteiger partial charge in [-0.05, 0) is 55.4 Å². The van der Waals surface area contributed by atoms with E-state index in [-0.39, 0.29) is 11.8 Å². The molecule has 0 aromatic carbocycles. The van der Waals surface area contributed by atoms with Gasteiger partial charge in [-0.1, -0.05) is 18.1 Å². The molecule has 2 fully saturated rings. The molecule has 0 aliphatic heterocycles. The molecule has 3 aliphatic carbocycles. The zero-order chi connectivity index (χ0) is 12.0. The molecule has 0 unspecified atom stereocenters. The SMILES string of the molecule is NC[C@@]1(CC(=O)O)C[C@H]2CC(C3CCC3)=C[C@@H]21. The van der Waals surface area contributed by atoms with E-state index in [2.05, 4.69) is 6.08 Å². The molecule has 94 valence electrons. The number of allylic oxidation sites excluding steroid dienone is 2. The van der Waals surface area contributed by atoms with Crippen molar-refractivity contribution in [2.24, 2.45) is 28.9 Å². The normalized spacial score (nSPS) is 40.2. The highest BCUT2D eigenvalue weighted by atomic mass is 16.4. The van der Waals surface area contributed by atoms with Crippen LogP contribution in [0.25, 0.3) is 0 Å². The van der Waals surface area contributed by atoms with E-state index < -0.39 is 5.97 Å². The molecule has 3 heteroatoms. The smallest absolute Gasteiger partial charge is 0.303 e. The third kappa shape index (κ3) is 1.63. The van der Waals surface area contributed by atoms with E-state index in [4.69, 9.17) is 10.8 Å². The maximum atomic E-state index is 11.0. The van der Waals surface area contributed by atoms with Crippen LogP contribution in [0, 0.1) is 23.2 Å². The first-order valence-corrected chi connectivity index (χ1v) is 6.77. The van der Waals surface area contributed by atoms with E-state index in [0.717, 1.165) is 12.3 Å². The summed E-state index contributed by atoms with van der Waals surface area (Å²) in [5.74, 6) is 1.29. The van der Waals surface area contributed by atoms with Gasteiger partial charge in [0.1, 0.15) is 0 Å². The minimum atomic E-state index is -0.695.